The van der Waals surface area contributed by atoms with Gasteiger partial charge in [-0.2, -0.15) is 0 Å². The summed E-state index contributed by atoms with van der Waals surface area (Å²) in [6.45, 7) is 1.96. The van der Waals surface area contributed by atoms with Crippen LogP contribution in [0, 0.1) is 6.92 Å². The van der Waals surface area contributed by atoms with E-state index < -0.39 is 6.36 Å². The van der Waals surface area contributed by atoms with Gasteiger partial charge in [-0.05, 0) is 91.4 Å². The van der Waals surface area contributed by atoms with Crippen molar-refractivity contribution in [1.82, 2.24) is 14.8 Å². The van der Waals surface area contributed by atoms with Gasteiger partial charge in [0, 0.05) is 16.9 Å². The third-order valence-corrected chi connectivity index (χ3v) is 5.11. The molecule has 4 aromatic rings. The minimum absolute atomic E-state index is 0.306. The van der Waals surface area contributed by atoms with Crippen LogP contribution in [0.4, 0.5) is 24.5 Å². The van der Waals surface area contributed by atoms with E-state index in [2.05, 4.69) is 25.5 Å². The molecule has 7 nitrogen and oxygen atoms in total. The Morgan fingerprint density at radius 1 is 0.943 bits per heavy atom. The number of aryl methyl sites for hydroxylation is 1. The maximum atomic E-state index is 12.3. The highest BCUT2D eigenvalue weighted by Crippen LogP contribution is 2.25. The van der Waals surface area contributed by atoms with E-state index in [4.69, 9.17) is 17.0 Å². The summed E-state index contributed by atoms with van der Waals surface area (Å²) in [5.41, 5.74) is 3.94. The number of aromatic nitrogens is 3. The first-order valence-electron chi connectivity index (χ1n) is 10.3. The lowest BCUT2D eigenvalue weighted by Gasteiger charge is -2.13. The lowest BCUT2D eigenvalue weighted by Crippen LogP contribution is -2.19. The van der Waals surface area contributed by atoms with Gasteiger partial charge in [-0.15, -0.1) is 18.3 Å². The second-order valence-electron chi connectivity index (χ2n) is 7.39. The zero-order valence-electron chi connectivity index (χ0n) is 18.6. The molecule has 11 heteroatoms. The largest absolute Gasteiger partial charge is 0.573 e. The fourth-order valence-electron chi connectivity index (χ4n) is 3.21. The molecule has 0 aliphatic carbocycles. The van der Waals surface area contributed by atoms with Crippen LogP contribution in [0.3, 0.4) is 0 Å². The summed E-state index contributed by atoms with van der Waals surface area (Å²) in [6, 6.07) is 18.4. The number of nitrogens with one attached hydrogen (secondary N) is 2. The van der Waals surface area contributed by atoms with Gasteiger partial charge < -0.3 is 20.1 Å². The average molecular weight is 500 g/mol. The number of methoxy groups -OCH3 is 1. The van der Waals surface area contributed by atoms with Crippen molar-refractivity contribution in [3.05, 3.63) is 78.6 Å². The van der Waals surface area contributed by atoms with Crippen molar-refractivity contribution >= 4 is 28.7 Å². The molecule has 0 aliphatic rings. The first-order chi connectivity index (χ1) is 16.7. The number of alkyl halides is 3. The Kier molecular flexibility index (Phi) is 6.87. The first kappa shape index (κ1) is 24.0. The number of hydrogen-bond donors (Lipinski definition) is 2. The standard InChI is InChI=1S/C24H20F3N5O2S/c1-15-13-20(33-2)11-12-21(15)30-23(35)29-17-5-3-16(4-6-17)22-28-14-32(31-22)18-7-9-19(10-8-18)34-24(25,26)27/h3-14H,1-2H3,(H2,29,30,35). The molecule has 4 rings (SSSR count). The highest BCUT2D eigenvalue weighted by atomic mass is 32.1. The zero-order chi connectivity index (χ0) is 25.0. The Labute approximate surface area is 204 Å². The molecule has 0 aliphatic heterocycles. The molecular formula is C24H20F3N5O2S. The lowest BCUT2D eigenvalue weighted by molar-refractivity contribution is -0.274. The van der Waals surface area contributed by atoms with Gasteiger partial charge in [-0.3, -0.25) is 0 Å². The van der Waals surface area contributed by atoms with Crippen LogP contribution in [0.25, 0.3) is 17.1 Å². The maximum absolute atomic E-state index is 12.3. The Balaban J connectivity index is 1.39. The van der Waals surface area contributed by atoms with E-state index >= 15 is 0 Å². The molecule has 0 radical (unpaired) electrons. The molecule has 0 atom stereocenters. The molecule has 0 bridgehead atoms. The summed E-state index contributed by atoms with van der Waals surface area (Å²) in [5, 5.41) is 11.1. The first-order valence-corrected chi connectivity index (χ1v) is 10.7. The molecule has 0 saturated heterocycles. The normalized spacial score (nSPS) is 11.1. The van der Waals surface area contributed by atoms with E-state index in [9.17, 15) is 13.2 Å². The van der Waals surface area contributed by atoms with Crippen molar-refractivity contribution in [3.63, 3.8) is 0 Å². The predicted molar refractivity (Wildman–Crippen MR) is 131 cm³/mol. The Hall–Kier alpha value is -4.12. The topological polar surface area (TPSA) is 73.2 Å². The molecule has 0 saturated carbocycles. The number of hydrogen-bond acceptors (Lipinski definition) is 5. The Bertz CT molecular complexity index is 1320. The van der Waals surface area contributed by atoms with Gasteiger partial charge in [0.05, 0.1) is 12.8 Å². The number of rotatable bonds is 6. The second kappa shape index (κ2) is 10.0. The predicted octanol–water partition coefficient (Wildman–Crippen LogP) is 5.96. The quantitative estimate of drug-likeness (QED) is 0.317. The number of anilines is 2. The van der Waals surface area contributed by atoms with Gasteiger partial charge in [0.2, 0.25) is 0 Å². The van der Waals surface area contributed by atoms with E-state index in [0.717, 1.165) is 28.3 Å². The molecule has 0 amide bonds. The number of benzene rings is 3. The molecule has 2 N–H and O–H groups in total. The minimum Gasteiger partial charge on any atom is -0.497 e. The third-order valence-electron chi connectivity index (χ3n) is 4.91. The number of thiocarbonyl (C=S) groups is 1. The van der Waals surface area contributed by atoms with Crippen LogP contribution in [0.1, 0.15) is 5.56 Å². The van der Waals surface area contributed by atoms with Crippen molar-refractivity contribution in [2.24, 2.45) is 0 Å². The smallest absolute Gasteiger partial charge is 0.497 e. The van der Waals surface area contributed by atoms with Crippen molar-refractivity contribution in [2.75, 3.05) is 17.7 Å². The number of nitrogens with zero attached hydrogens (tertiary/aromatic N) is 3. The summed E-state index contributed by atoms with van der Waals surface area (Å²) in [4.78, 5) is 4.29. The summed E-state index contributed by atoms with van der Waals surface area (Å²) in [5.74, 6) is 0.923. The fraction of sp³-hybridized carbons (Fsp3) is 0.125. The Morgan fingerprint density at radius 2 is 1.63 bits per heavy atom. The van der Waals surface area contributed by atoms with Crippen LogP contribution in [0.5, 0.6) is 11.5 Å². The fourth-order valence-corrected chi connectivity index (χ4v) is 3.44. The van der Waals surface area contributed by atoms with Gasteiger partial charge in [-0.25, -0.2) is 9.67 Å². The average Bonchev–Trinajstić information content (AvgIpc) is 3.30. The SMILES string of the molecule is COc1ccc(NC(=S)Nc2ccc(-c3ncn(-c4ccc(OC(F)(F)F)cc4)n3)cc2)c(C)c1. The molecule has 1 aromatic heterocycles. The number of ether oxygens (including phenoxy) is 2. The van der Waals surface area contributed by atoms with Crippen LogP contribution in [0.15, 0.2) is 73.1 Å². The minimum atomic E-state index is -4.74. The maximum Gasteiger partial charge on any atom is 0.573 e. The van der Waals surface area contributed by atoms with E-state index in [1.165, 1.54) is 35.3 Å². The second-order valence-corrected chi connectivity index (χ2v) is 7.80. The summed E-state index contributed by atoms with van der Waals surface area (Å²) in [7, 11) is 1.62. The van der Waals surface area contributed by atoms with E-state index in [-0.39, 0.29) is 5.75 Å². The van der Waals surface area contributed by atoms with E-state index in [1.807, 2.05) is 49.4 Å². The molecule has 0 fully saturated rings. The molecule has 1 heterocycles. The molecule has 35 heavy (non-hydrogen) atoms. The van der Waals surface area contributed by atoms with E-state index in [0.29, 0.717) is 16.6 Å². The van der Waals surface area contributed by atoms with Crippen LogP contribution >= 0.6 is 12.2 Å². The molecule has 3 aromatic carbocycles. The number of halogens is 3. The summed E-state index contributed by atoms with van der Waals surface area (Å²) in [6.07, 6.45) is -3.26. The highest BCUT2D eigenvalue weighted by molar-refractivity contribution is 7.80. The summed E-state index contributed by atoms with van der Waals surface area (Å²) >= 11 is 5.41. The van der Waals surface area contributed by atoms with Crippen molar-refractivity contribution in [2.45, 2.75) is 13.3 Å². The van der Waals surface area contributed by atoms with E-state index in [1.54, 1.807) is 7.11 Å². The van der Waals surface area contributed by atoms with Crippen molar-refractivity contribution in [1.29, 1.82) is 0 Å². The van der Waals surface area contributed by atoms with Crippen molar-refractivity contribution < 1.29 is 22.6 Å². The Morgan fingerprint density at radius 3 is 2.26 bits per heavy atom. The van der Waals surface area contributed by atoms with Gasteiger partial charge >= 0.3 is 6.36 Å². The van der Waals surface area contributed by atoms with Crippen LogP contribution < -0.4 is 20.1 Å². The van der Waals surface area contributed by atoms with Crippen molar-refractivity contribution in [3.8, 4) is 28.6 Å². The van der Waals surface area contributed by atoms with Gasteiger partial charge in [0.1, 0.15) is 17.8 Å². The van der Waals surface area contributed by atoms with Gasteiger partial charge in [-0.1, -0.05) is 0 Å². The highest BCUT2D eigenvalue weighted by Gasteiger charge is 2.31. The molecule has 180 valence electrons. The molecule has 0 spiro atoms. The third kappa shape index (κ3) is 6.27. The molecule has 0 unspecified atom stereocenters. The molecular weight excluding hydrogens is 479 g/mol. The zero-order valence-corrected chi connectivity index (χ0v) is 19.4. The van der Waals surface area contributed by atoms with Gasteiger partial charge in [0.15, 0.2) is 10.9 Å². The van der Waals surface area contributed by atoms with Gasteiger partial charge in [0.25, 0.3) is 0 Å². The lowest BCUT2D eigenvalue weighted by atomic mass is 10.2. The monoisotopic (exact) mass is 499 g/mol. The van der Waals surface area contributed by atoms with Crippen LogP contribution in [-0.2, 0) is 0 Å². The van der Waals surface area contributed by atoms with Crippen LogP contribution in [0.2, 0.25) is 0 Å². The van der Waals surface area contributed by atoms with Crippen LogP contribution in [-0.4, -0.2) is 33.3 Å². The summed E-state index contributed by atoms with van der Waals surface area (Å²) < 4.78 is 47.5.